The van der Waals surface area contributed by atoms with Crippen molar-refractivity contribution in [2.45, 2.75) is 52.5 Å². The number of hydrogen-bond donors (Lipinski definition) is 1. The van der Waals surface area contributed by atoms with Crippen molar-refractivity contribution in [2.24, 2.45) is 11.8 Å². The number of halogens is 1. The van der Waals surface area contributed by atoms with Crippen molar-refractivity contribution in [3.63, 3.8) is 0 Å². The van der Waals surface area contributed by atoms with Gasteiger partial charge in [0.2, 0.25) is 5.91 Å². The molecule has 3 aliphatic rings. The lowest BCUT2D eigenvalue weighted by atomic mass is 9.96. The number of amides is 1. The first kappa shape index (κ1) is 27.4. The highest BCUT2D eigenvalue weighted by Crippen LogP contribution is 2.33. The van der Waals surface area contributed by atoms with E-state index in [-0.39, 0.29) is 11.7 Å². The average Bonchev–Trinajstić information content (AvgIpc) is 3.65. The Kier molecular flexibility index (Phi) is 7.95. The van der Waals surface area contributed by atoms with Crippen LogP contribution in [0.2, 0.25) is 0 Å². The quantitative estimate of drug-likeness (QED) is 0.345. The molecule has 0 bridgehead atoms. The number of benzene rings is 1. The molecule has 0 saturated carbocycles. The molecule has 2 aromatic heterocycles. The van der Waals surface area contributed by atoms with E-state index >= 15 is 0 Å². The summed E-state index contributed by atoms with van der Waals surface area (Å²) < 4.78 is 31.1. The fraction of sp³-hybridized carbons (Fsp3) is 0.548. The minimum atomic E-state index is -1.39. The van der Waals surface area contributed by atoms with Crippen LogP contribution in [0.1, 0.15) is 49.3 Å². The van der Waals surface area contributed by atoms with Crippen LogP contribution in [0.4, 0.5) is 4.39 Å². The van der Waals surface area contributed by atoms with E-state index in [1.54, 1.807) is 13.0 Å². The maximum atomic E-state index is 14.4. The molecule has 3 aromatic rings. The van der Waals surface area contributed by atoms with E-state index < -0.39 is 10.6 Å². The maximum absolute atomic E-state index is 14.4. The van der Waals surface area contributed by atoms with Crippen molar-refractivity contribution in [1.82, 2.24) is 19.4 Å². The fourth-order valence-corrected chi connectivity index (χ4v) is 8.43. The molecule has 0 radical (unpaired) electrons. The van der Waals surface area contributed by atoms with E-state index in [1.807, 2.05) is 27.3 Å². The topological polar surface area (TPSA) is 61.5 Å². The lowest BCUT2D eigenvalue weighted by Gasteiger charge is -2.33. The van der Waals surface area contributed by atoms with Crippen molar-refractivity contribution in [3.8, 4) is 5.69 Å². The highest BCUT2D eigenvalue weighted by atomic mass is 32.2. The number of piperidine rings is 1. The summed E-state index contributed by atoms with van der Waals surface area (Å²) in [6.07, 6.45) is 11.4. The SMILES string of the molecule is CC(=O)N1CCC(CN2CC[C@H](Cc3cn(-c4ccc(F)cc4C[N+]4=[SH](=O)CCC4)c4cncc(C)c34)C2)CC1. The van der Waals surface area contributed by atoms with E-state index in [1.165, 1.54) is 23.4 Å². The van der Waals surface area contributed by atoms with Crippen LogP contribution in [0.5, 0.6) is 0 Å². The second kappa shape index (κ2) is 11.6. The predicted molar refractivity (Wildman–Crippen MR) is 157 cm³/mol. The number of pyridine rings is 1. The average molecular weight is 567 g/mol. The van der Waals surface area contributed by atoms with Gasteiger partial charge in [-0.15, -0.1) is 0 Å². The molecule has 1 aromatic carbocycles. The molecule has 2 saturated heterocycles. The van der Waals surface area contributed by atoms with Crippen molar-refractivity contribution >= 4 is 27.4 Å². The summed E-state index contributed by atoms with van der Waals surface area (Å²) in [7, 11) is -1.39. The standard InChI is InChI=1S/C31H41FN5O2S/c1-22-16-33-17-30-31(22)27(14-25-6-10-34(19-25)18-24-7-11-35(12-8-24)23(2)38)21-37(30)29-5-4-28(32)15-26(29)20-36-9-3-13-40(36)39/h4-5,15-17,21,24-25,40H,3,6-14,18-20H2,1-2H3/q+1/t25-/m1/s1. The summed E-state index contributed by atoms with van der Waals surface area (Å²) in [4.78, 5) is 20.8. The number of aryl methyl sites for hydroxylation is 1. The van der Waals surface area contributed by atoms with E-state index in [4.69, 9.17) is 0 Å². The van der Waals surface area contributed by atoms with Gasteiger partial charge in [0.05, 0.1) is 23.2 Å². The second-order valence-corrected chi connectivity index (χ2v) is 13.8. The van der Waals surface area contributed by atoms with Gasteiger partial charge in [-0.2, -0.15) is 3.95 Å². The largest absolute Gasteiger partial charge is 0.343 e. The lowest BCUT2D eigenvalue weighted by Crippen LogP contribution is -2.40. The smallest absolute Gasteiger partial charge is 0.219 e. The van der Waals surface area contributed by atoms with Gasteiger partial charge >= 0.3 is 0 Å². The van der Waals surface area contributed by atoms with Gasteiger partial charge in [0.15, 0.2) is 13.1 Å². The molecule has 2 atom stereocenters. The second-order valence-electron chi connectivity index (χ2n) is 12.0. The van der Waals surface area contributed by atoms with Crippen LogP contribution in [0.15, 0.2) is 36.8 Å². The van der Waals surface area contributed by atoms with Crippen molar-refractivity contribution in [1.29, 1.82) is 0 Å². The number of aromatic nitrogens is 2. The minimum absolute atomic E-state index is 0.198. The maximum Gasteiger partial charge on any atom is 0.219 e. The molecule has 6 rings (SSSR count). The highest BCUT2D eigenvalue weighted by Gasteiger charge is 2.29. The number of carbonyl (C=O) groups is 1. The zero-order valence-electron chi connectivity index (χ0n) is 23.7. The molecule has 9 heteroatoms. The molecule has 3 aliphatic heterocycles. The third-order valence-corrected chi connectivity index (χ3v) is 10.8. The van der Waals surface area contributed by atoms with Crippen molar-refractivity contribution < 1.29 is 17.3 Å². The van der Waals surface area contributed by atoms with Gasteiger partial charge in [-0.3, -0.25) is 9.78 Å². The highest BCUT2D eigenvalue weighted by molar-refractivity contribution is 7.72. The first-order chi connectivity index (χ1) is 19.4. The van der Waals surface area contributed by atoms with E-state index in [0.717, 1.165) is 93.0 Å². The van der Waals surface area contributed by atoms with Crippen LogP contribution in [-0.2, 0) is 28.4 Å². The number of hydrogen-bond acceptors (Lipinski definition) is 4. The Labute approximate surface area is 238 Å². The first-order valence-corrected chi connectivity index (χ1v) is 16.2. The first-order valence-electron chi connectivity index (χ1n) is 14.8. The van der Waals surface area contributed by atoms with Crippen LogP contribution >= 0.6 is 0 Å². The molecule has 0 N–H and O–H groups in total. The Morgan fingerprint density at radius 2 is 1.93 bits per heavy atom. The lowest BCUT2D eigenvalue weighted by molar-refractivity contribution is -0.513. The third-order valence-electron chi connectivity index (χ3n) is 9.17. The van der Waals surface area contributed by atoms with E-state index in [2.05, 4.69) is 27.6 Å². The summed E-state index contributed by atoms with van der Waals surface area (Å²) in [5, 5.41) is 1.24. The Hall–Kier alpha value is -2.78. The Balaban J connectivity index is 1.22. The Morgan fingerprint density at radius 1 is 1.12 bits per heavy atom. The number of likely N-dealkylation sites (tertiary alicyclic amines) is 2. The van der Waals surface area contributed by atoms with Crippen LogP contribution in [0.25, 0.3) is 16.6 Å². The summed E-state index contributed by atoms with van der Waals surface area (Å²) in [6.45, 7) is 10.2. The summed E-state index contributed by atoms with van der Waals surface area (Å²) in [5.41, 5.74) is 5.31. The van der Waals surface area contributed by atoms with Crippen molar-refractivity contribution in [2.75, 3.05) is 45.0 Å². The molecule has 214 valence electrons. The fourth-order valence-electron chi connectivity index (χ4n) is 7.06. The monoisotopic (exact) mass is 566 g/mol. The zero-order valence-corrected chi connectivity index (χ0v) is 24.6. The number of rotatable bonds is 7. The van der Waals surface area contributed by atoms with Gasteiger partial charge in [0.1, 0.15) is 16.4 Å². The molecule has 5 heterocycles. The molecule has 1 amide bonds. The minimum Gasteiger partial charge on any atom is -0.343 e. The van der Waals surface area contributed by atoms with E-state index in [0.29, 0.717) is 18.4 Å². The molecule has 0 spiro atoms. The number of fused-ring (bicyclic) bond motifs is 1. The predicted octanol–water partition coefficient (Wildman–Crippen LogP) is 4.18. The Bertz CT molecular complexity index is 1500. The normalized spacial score (nSPS) is 22.6. The van der Waals surface area contributed by atoms with Crippen LogP contribution < -0.4 is 0 Å². The molecule has 0 aliphatic carbocycles. The van der Waals surface area contributed by atoms with Gasteiger partial charge < -0.3 is 14.4 Å². The summed E-state index contributed by atoms with van der Waals surface area (Å²) >= 11 is 0. The molecule has 7 nitrogen and oxygen atoms in total. The van der Waals surface area contributed by atoms with Gasteiger partial charge in [0, 0.05) is 62.9 Å². The Morgan fingerprint density at radius 3 is 2.67 bits per heavy atom. The van der Waals surface area contributed by atoms with Gasteiger partial charge in [-0.05, 0) is 80.3 Å². The molecule has 1 unspecified atom stereocenters. The van der Waals surface area contributed by atoms with Crippen molar-refractivity contribution in [3.05, 3.63) is 59.3 Å². The van der Waals surface area contributed by atoms with Gasteiger partial charge in [-0.1, -0.05) is 0 Å². The zero-order chi connectivity index (χ0) is 27.8. The number of carbonyl (C=O) groups excluding carboxylic acids is 1. The van der Waals surface area contributed by atoms with Crippen LogP contribution in [0, 0.1) is 24.6 Å². The summed E-state index contributed by atoms with van der Waals surface area (Å²) in [6, 6.07) is 4.97. The van der Waals surface area contributed by atoms with Gasteiger partial charge in [-0.25, -0.2) is 8.60 Å². The number of thiol groups is 1. The molecule has 2 fully saturated rings. The third kappa shape index (κ3) is 5.68. The van der Waals surface area contributed by atoms with Crippen LogP contribution in [0.3, 0.4) is 0 Å². The van der Waals surface area contributed by atoms with E-state index in [9.17, 15) is 13.4 Å². The molecular weight excluding hydrogens is 525 g/mol. The van der Waals surface area contributed by atoms with Crippen LogP contribution in [-0.4, -0.2) is 78.4 Å². The summed E-state index contributed by atoms with van der Waals surface area (Å²) in [5.74, 6) is 1.91. The van der Waals surface area contributed by atoms with Gasteiger partial charge in [0.25, 0.3) is 0 Å². The molecular formula is C31H41FN5O2S+. The molecule has 40 heavy (non-hydrogen) atoms. The number of nitrogens with zero attached hydrogens (tertiary/aromatic N) is 5.